The highest BCUT2D eigenvalue weighted by Crippen LogP contribution is 2.22. The number of hydrogen-bond acceptors (Lipinski definition) is 3. The number of carbonyl (C=O) groups excluding carboxylic acids is 1. The van der Waals surface area contributed by atoms with E-state index in [0.717, 1.165) is 37.2 Å². The van der Waals surface area contributed by atoms with Gasteiger partial charge in [0.25, 0.3) is 5.91 Å². The van der Waals surface area contributed by atoms with Gasteiger partial charge in [-0.3, -0.25) is 4.79 Å². The molecule has 2 aliphatic heterocycles. The van der Waals surface area contributed by atoms with Crippen molar-refractivity contribution in [3.8, 4) is 0 Å². The van der Waals surface area contributed by atoms with Crippen LogP contribution in [0.1, 0.15) is 30.4 Å². The lowest BCUT2D eigenvalue weighted by Crippen LogP contribution is -2.37. The van der Waals surface area contributed by atoms with Crippen LogP contribution < -0.4 is 0 Å². The average molecular weight is 258 g/mol. The molecule has 0 aliphatic carbocycles. The monoisotopic (exact) mass is 258 g/mol. The number of carbonyl (C=O) groups is 1. The fourth-order valence-electron chi connectivity index (χ4n) is 2.71. The van der Waals surface area contributed by atoms with Gasteiger partial charge in [0.1, 0.15) is 0 Å². The summed E-state index contributed by atoms with van der Waals surface area (Å²) in [7, 11) is 0. The second-order valence-electron chi connectivity index (χ2n) is 5.18. The zero-order valence-corrected chi connectivity index (χ0v) is 11.1. The molecule has 1 atom stereocenters. The highest BCUT2D eigenvalue weighted by Gasteiger charge is 2.33. The molecule has 4 heteroatoms. The van der Waals surface area contributed by atoms with E-state index in [-0.39, 0.29) is 5.91 Å². The molecule has 2 aliphatic rings. The smallest absolute Gasteiger partial charge is 0.266 e. The first-order chi connectivity index (χ1) is 9.25. The van der Waals surface area contributed by atoms with Crippen LogP contribution in [0.3, 0.4) is 0 Å². The highest BCUT2D eigenvalue weighted by molar-refractivity contribution is 6.05. The lowest BCUT2D eigenvalue weighted by atomic mass is 10.00. The molecule has 3 rings (SSSR count). The molecular weight excluding hydrogens is 240 g/mol. The molecule has 0 bridgehead atoms. The normalized spacial score (nSPS) is 22.3. The van der Waals surface area contributed by atoms with Gasteiger partial charge in [-0.15, -0.1) is 0 Å². The minimum absolute atomic E-state index is 0.0878. The largest absolute Gasteiger partial charge is 0.382 e. The lowest BCUT2D eigenvalue weighted by Gasteiger charge is -2.18. The Morgan fingerprint density at radius 3 is 2.79 bits per heavy atom. The molecule has 0 N–H and O–H groups in total. The summed E-state index contributed by atoms with van der Waals surface area (Å²) in [4.78, 5) is 19.5. The molecule has 1 amide bonds. The van der Waals surface area contributed by atoms with E-state index in [2.05, 4.69) is 5.16 Å². The molecule has 1 saturated heterocycles. The van der Waals surface area contributed by atoms with E-state index in [4.69, 9.17) is 4.84 Å². The van der Waals surface area contributed by atoms with Crippen molar-refractivity contribution >= 4 is 11.6 Å². The maximum atomic E-state index is 12.2. The van der Waals surface area contributed by atoms with Crippen LogP contribution in [-0.4, -0.2) is 35.7 Å². The number of nitrogens with zero attached hydrogens (tertiary/aromatic N) is 2. The van der Waals surface area contributed by atoms with Gasteiger partial charge in [0, 0.05) is 25.1 Å². The van der Waals surface area contributed by atoms with Crippen molar-refractivity contribution in [3.63, 3.8) is 0 Å². The molecular formula is C15H18N2O2. The molecule has 1 fully saturated rings. The fourth-order valence-corrected chi connectivity index (χ4v) is 2.71. The summed E-state index contributed by atoms with van der Waals surface area (Å²) >= 11 is 0. The molecule has 0 saturated carbocycles. The Morgan fingerprint density at radius 1 is 1.32 bits per heavy atom. The van der Waals surface area contributed by atoms with Crippen LogP contribution in [0.4, 0.5) is 0 Å². The number of benzene rings is 1. The Bertz CT molecular complexity index is 519. The Hall–Kier alpha value is -1.84. The first-order valence-electron chi connectivity index (χ1n) is 6.83. The van der Waals surface area contributed by atoms with Crippen molar-refractivity contribution in [3.05, 3.63) is 35.4 Å². The third kappa shape index (κ3) is 2.35. The standard InChI is InChI=1S/C15H18N2O2/c1-11-6-2-3-7-12(11)13-10-14(19-16-13)15(18)17-8-4-5-9-17/h2-3,6-7,14H,4-5,8-10H2,1H3/t14-/m0/s1. The van der Waals surface area contributed by atoms with Crippen molar-refractivity contribution in [1.29, 1.82) is 0 Å². The predicted molar refractivity (Wildman–Crippen MR) is 73.0 cm³/mol. The van der Waals surface area contributed by atoms with Gasteiger partial charge in [0.2, 0.25) is 6.10 Å². The molecule has 19 heavy (non-hydrogen) atoms. The van der Waals surface area contributed by atoms with Gasteiger partial charge in [-0.25, -0.2) is 0 Å². The van der Waals surface area contributed by atoms with Gasteiger partial charge in [0.05, 0.1) is 5.71 Å². The maximum absolute atomic E-state index is 12.2. The quantitative estimate of drug-likeness (QED) is 0.815. The van der Waals surface area contributed by atoms with E-state index in [1.54, 1.807) is 0 Å². The zero-order valence-electron chi connectivity index (χ0n) is 11.1. The zero-order chi connectivity index (χ0) is 13.2. The van der Waals surface area contributed by atoms with Crippen molar-refractivity contribution in [1.82, 2.24) is 4.90 Å². The van der Waals surface area contributed by atoms with Gasteiger partial charge in [-0.1, -0.05) is 29.4 Å². The summed E-state index contributed by atoms with van der Waals surface area (Å²) in [6.07, 6.45) is 2.36. The van der Waals surface area contributed by atoms with E-state index < -0.39 is 6.10 Å². The summed E-state index contributed by atoms with van der Waals surface area (Å²) in [6.45, 7) is 3.77. The van der Waals surface area contributed by atoms with E-state index in [9.17, 15) is 4.79 Å². The third-order valence-corrected chi connectivity index (χ3v) is 3.82. The second-order valence-corrected chi connectivity index (χ2v) is 5.18. The van der Waals surface area contributed by atoms with Crippen LogP contribution in [0.15, 0.2) is 29.4 Å². The van der Waals surface area contributed by atoms with Gasteiger partial charge in [-0.2, -0.15) is 0 Å². The predicted octanol–water partition coefficient (Wildman–Crippen LogP) is 2.11. The molecule has 0 spiro atoms. The summed E-state index contributed by atoms with van der Waals surface area (Å²) < 4.78 is 0. The molecule has 1 aromatic carbocycles. The summed E-state index contributed by atoms with van der Waals surface area (Å²) in [5.74, 6) is 0.0878. The molecule has 2 heterocycles. The first kappa shape index (κ1) is 12.2. The first-order valence-corrected chi connectivity index (χ1v) is 6.83. The number of aryl methyl sites for hydroxylation is 1. The summed E-state index contributed by atoms with van der Waals surface area (Å²) in [5, 5.41) is 4.11. The van der Waals surface area contributed by atoms with Gasteiger partial charge < -0.3 is 9.74 Å². The molecule has 0 radical (unpaired) electrons. The minimum Gasteiger partial charge on any atom is -0.382 e. The van der Waals surface area contributed by atoms with Gasteiger partial charge in [0.15, 0.2) is 0 Å². The Balaban J connectivity index is 1.69. The molecule has 100 valence electrons. The van der Waals surface area contributed by atoms with Crippen molar-refractivity contribution in [2.75, 3.05) is 13.1 Å². The summed E-state index contributed by atoms with van der Waals surface area (Å²) in [5.41, 5.74) is 3.13. The SMILES string of the molecule is Cc1ccccc1C1=NO[C@H](C(=O)N2CCCC2)C1. The maximum Gasteiger partial charge on any atom is 0.266 e. The van der Waals surface area contributed by atoms with Crippen LogP contribution in [0.5, 0.6) is 0 Å². The lowest BCUT2D eigenvalue weighted by molar-refractivity contribution is -0.140. The second kappa shape index (κ2) is 5.03. The minimum atomic E-state index is -0.423. The van der Waals surface area contributed by atoms with Crippen molar-refractivity contribution < 1.29 is 9.63 Å². The van der Waals surface area contributed by atoms with Crippen LogP contribution in [0.2, 0.25) is 0 Å². The number of hydrogen-bond donors (Lipinski definition) is 0. The van der Waals surface area contributed by atoms with Gasteiger partial charge >= 0.3 is 0 Å². The average Bonchev–Trinajstić information content (AvgIpc) is 3.10. The Kier molecular flexibility index (Phi) is 3.23. The van der Waals surface area contributed by atoms with Gasteiger partial charge in [-0.05, 0) is 25.3 Å². The van der Waals surface area contributed by atoms with E-state index >= 15 is 0 Å². The van der Waals surface area contributed by atoms with Crippen LogP contribution in [-0.2, 0) is 9.63 Å². The molecule has 4 nitrogen and oxygen atoms in total. The fraction of sp³-hybridized carbons (Fsp3) is 0.467. The Labute approximate surface area is 113 Å². The molecule has 1 aromatic rings. The molecule has 0 unspecified atom stereocenters. The van der Waals surface area contributed by atoms with Crippen molar-refractivity contribution in [2.24, 2.45) is 5.16 Å². The summed E-state index contributed by atoms with van der Waals surface area (Å²) in [6, 6.07) is 8.07. The topological polar surface area (TPSA) is 41.9 Å². The van der Waals surface area contributed by atoms with E-state index in [1.807, 2.05) is 36.1 Å². The van der Waals surface area contributed by atoms with Crippen LogP contribution in [0, 0.1) is 6.92 Å². The number of likely N-dealkylation sites (tertiary alicyclic amines) is 1. The van der Waals surface area contributed by atoms with Crippen molar-refractivity contribution in [2.45, 2.75) is 32.3 Å². The van der Waals surface area contributed by atoms with Crippen LogP contribution in [0.25, 0.3) is 0 Å². The number of amides is 1. The third-order valence-electron chi connectivity index (χ3n) is 3.82. The highest BCUT2D eigenvalue weighted by atomic mass is 16.6. The number of oxime groups is 1. The van der Waals surface area contributed by atoms with E-state index in [0.29, 0.717) is 6.42 Å². The number of rotatable bonds is 2. The van der Waals surface area contributed by atoms with E-state index in [1.165, 1.54) is 5.56 Å². The molecule has 0 aromatic heterocycles. The van der Waals surface area contributed by atoms with Crippen LogP contribution >= 0.6 is 0 Å². The Morgan fingerprint density at radius 2 is 2.05 bits per heavy atom.